The van der Waals surface area contributed by atoms with Gasteiger partial charge >= 0.3 is 6.09 Å². The summed E-state index contributed by atoms with van der Waals surface area (Å²) in [6, 6.07) is 9.33. The van der Waals surface area contributed by atoms with Crippen LogP contribution in [0.25, 0.3) is 0 Å². The van der Waals surface area contributed by atoms with Crippen molar-refractivity contribution in [3.05, 3.63) is 46.2 Å². The minimum atomic E-state index is -0.579. The van der Waals surface area contributed by atoms with Crippen molar-refractivity contribution in [2.75, 3.05) is 5.32 Å². The molecule has 2 N–H and O–H groups in total. The molecular weight excluding hydrogens is 376 g/mol. The van der Waals surface area contributed by atoms with Crippen molar-refractivity contribution in [2.24, 2.45) is 0 Å². The molecule has 0 saturated carbocycles. The molecule has 7 heteroatoms. The number of amides is 2. The highest BCUT2D eigenvalue weighted by atomic mass is 32.1. The first-order valence-electron chi connectivity index (χ1n) is 9.38. The number of anilines is 1. The van der Waals surface area contributed by atoms with Crippen LogP contribution >= 0.6 is 11.3 Å². The van der Waals surface area contributed by atoms with Crippen LogP contribution in [-0.4, -0.2) is 23.7 Å². The summed E-state index contributed by atoms with van der Waals surface area (Å²) >= 11 is 1.63. The van der Waals surface area contributed by atoms with Gasteiger partial charge in [0.1, 0.15) is 11.4 Å². The fourth-order valence-corrected chi connectivity index (χ4v) is 3.74. The molecule has 1 aliphatic heterocycles. The molecule has 1 aliphatic rings. The van der Waals surface area contributed by atoms with Gasteiger partial charge in [-0.1, -0.05) is 19.1 Å². The van der Waals surface area contributed by atoms with Gasteiger partial charge in [0.05, 0.1) is 11.7 Å². The highest BCUT2D eigenvalue weighted by molar-refractivity contribution is 7.09. The van der Waals surface area contributed by atoms with E-state index in [0.29, 0.717) is 24.3 Å². The monoisotopic (exact) mass is 402 g/mol. The summed E-state index contributed by atoms with van der Waals surface area (Å²) in [5.41, 5.74) is 0.913. The Labute approximate surface area is 169 Å². The molecule has 0 saturated heterocycles. The molecule has 2 atom stereocenters. The molecule has 6 nitrogen and oxygen atoms in total. The number of carbonyl (C=O) groups is 2. The zero-order valence-corrected chi connectivity index (χ0v) is 17.4. The number of ether oxygens (including phenoxy) is 2. The van der Waals surface area contributed by atoms with Crippen LogP contribution in [0.2, 0.25) is 0 Å². The molecule has 1 aromatic heterocycles. The van der Waals surface area contributed by atoms with Gasteiger partial charge in [-0.05, 0) is 56.3 Å². The summed E-state index contributed by atoms with van der Waals surface area (Å²) in [5, 5.41) is 7.87. The van der Waals surface area contributed by atoms with Crippen LogP contribution in [0.3, 0.4) is 0 Å². The third kappa shape index (κ3) is 5.04. The van der Waals surface area contributed by atoms with Gasteiger partial charge in [-0.15, -0.1) is 11.3 Å². The summed E-state index contributed by atoms with van der Waals surface area (Å²) in [7, 11) is 0. The summed E-state index contributed by atoms with van der Waals surface area (Å²) < 4.78 is 11.2. The maximum Gasteiger partial charge on any atom is 0.408 e. The second kappa shape index (κ2) is 8.22. The summed E-state index contributed by atoms with van der Waals surface area (Å²) in [4.78, 5) is 25.6. The molecule has 3 rings (SSSR count). The standard InChI is InChI=1S/C21H26N2O4S/c1-5-17-19(24)22-16-11-13(8-9-18(16)26-17)15(12-14-7-6-10-28-14)23-20(25)27-21(2,3)4/h6-11,15,17H,5,12H2,1-4H3,(H,22,24)(H,23,25). The molecule has 150 valence electrons. The first kappa shape index (κ1) is 20.2. The molecule has 0 aliphatic carbocycles. The Kier molecular flexibility index (Phi) is 5.93. The third-order valence-electron chi connectivity index (χ3n) is 4.27. The zero-order valence-electron chi connectivity index (χ0n) is 16.6. The lowest BCUT2D eigenvalue weighted by molar-refractivity contribution is -0.123. The second-order valence-corrected chi connectivity index (χ2v) is 8.77. The van der Waals surface area contributed by atoms with Crippen molar-refractivity contribution in [1.29, 1.82) is 0 Å². The molecule has 2 unspecified atom stereocenters. The molecule has 2 heterocycles. The largest absolute Gasteiger partial charge is 0.478 e. The summed E-state index contributed by atoms with van der Waals surface area (Å²) in [6.07, 6.45) is 0.286. The summed E-state index contributed by atoms with van der Waals surface area (Å²) in [5.74, 6) is 0.490. The first-order chi connectivity index (χ1) is 13.2. The molecule has 0 fully saturated rings. The number of nitrogens with one attached hydrogen (secondary N) is 2. The van der Waals surface area contributed by atoms with E-state index in [1.54, 1.807) is 11.3 Å². The Morgan fingerprint density at radius 3 is 2.79 bits per heavy atom. The summed E-state index contributed by atoms with van der Waals surface area (Å²) in [6.45, 7) is 7.40. The lowest BCUT2D eigenvalue weighted by atomic mass is 10.0. The van der Waals surface area contributed by atoms with Gasteiger partial charge in [0.25, 0.3) is 5.91 Å². The molecule has 1 aromatic carbocycles. The first-order valence-corrected chi connectivity index (χ1v) is 10.3. The topological polar surface area (TPSA) is 76.7 Å². The number of rotatable bonds is 5. The number of thiophene rings is 1. The molecule has 0 spiro atoms. The van der Waals surface area contributed by atoms with E-state index < -0.39 is 17.8 Å². The van der Waals surface area contributed by atoms with Crippen LogP contribution in [0.5, 0.6) is 5.75 Å². The third-order valence-corrected chi connectivity index (χ3v) is 5.17. The van der Waals surface area contributed by atoms with Crippen molar-refractivity contribution < 1.29 is 19.1 Å². The van der Waals surface area contributed by atoms with Crippen molar-refractivity contribution >= 4 is 29.0 Å². The van der Waals surface area contributed by atoms with E-state index >= 15 is 0 Å². The highest BCUT2D eigenvalue weighted by Gasteiger charge is 2.28. The van der Waals surface area contributed by atoms with Gasteiger partial charge < -0.3 is 20.1 Å². The van der Waals surface area contributed by atoms with Crippen molar-refractivity contribution in [3.63, 3.8) is 0 Å². The van der Waals surface area contributed by atoms with E-state index in [1.807, 2.05) is 63.4 Å². The van der Waals surface area contributed by atoms with E-state index in [0.717, 1.165) is 10.4 Å². The highest BCUT2D eigenvalue weighted by Crippen LogP contribution is 2.34. The average molecular weight is 403 g/mol. The van der Waals surface area contributed by atoms with Gasteiger partial charge in [-0.3, -0.25) is 4.79 Å². The number of hydrogen-bond acceptors (Lipinski definition) is 5. The van der Waals surface area contributed by atoms with Gasteiger partial charge in [-0.25, -0.2) is 4.79 Å². The van der Waals surface area contributed by atoms with E-state index in [9.17, 15) is 9.59 Å². The van der Waals surface area contributed by atoms with E-state index in [2.05, 4.69) is 10.6 Å². The van der Waals surface area contributed by atoms with Crippen LogP contribution in [0.4, 0.5) is 10.5 Å². The maximum absolute atomic E-state index is 12.4. The maximum atomic E-state index is 12.4. The normalized spacial score (nSPS) is 17.1. The minimum absolute atomic E-state index is 0.151. The number of alkyl carbamates (subject to hydrolysis) is 1. The Bertz CT molecular complexity index is 843. The Balaban J connectivity index is 1.84. The van der Waals surface area contributed by atoms with E-state index in [1.165, 1.54) is 0 Å². The molecule has 0 bridgehead atoms. The number of carbonyl (C=O) groups excluding carboxylic acids is 2. The Morgan fingerprint density at radius 2 is 2.14 bits per heavy atom. The van der Waals surface area contributed by atoms with Crippen molar-refractivity contribution in [3.8, 4) is 5.75 Å². The smallest absolute Gasteiger partial charge is 0.408 e. The molecular formula is C21H26N2O4S. The van der Waals surface area contributed by atoms with Gasteiger partial charge in [0, 0.05) is 11.3 Å². The SMILES string of the molecule is CCC1Oc2ccc(C(Cc3cccs3)NC(=O)OC(C)(C)C)cc2NC1=O. The second-order valence-electron chi connectivity index (χ2n) is 7.74. The number of hydrogen-bond donors (Lipinski definition) is 2. The lowest BCUT2D eigenvalue weighted by Crippen LogP contribution is -2.37. The van der Waals surface area contributed by atoms with Crippen LogP contribution in [0, 0.1) is 0 Å². The van der Waals surface area contributed by atoms with Crippen LogP contribution in [0.15, 0.2) is 35.7 Å². The quantitative estimate of drug-likeness (QED) is 0.762. The fourth-order valence-electron chi connectivity index (χ4n) is 2.99. The zero-order chi connectivity index (χ0) is 20.3. The predicted octanol–water partition coefficient (Wildman–Crippen LogP) is 4.67. The average Bonchev–Trinajstić information content (AvgIpc) is 3.11. The number of fused-ring (bicyclic) bond motifs is 1. The van der Waals surface area contributed by atoms with Crippen molar-refractivity contribution in [1.82, 2.24) is 5.32 Å². The van der Waals surface area contributed by atoms with Gasteiger partial charge in [-0.2, -0.15) is 0 Å². The molecule has 0 radical (unpaired) electrons. The predicted molar refractivity (Wildman–Crippen MR) is 110 cm³/mol. The Morgan fingerprint density at radius 1 is 1.36 bits per heavy atom. The number of benzene rings is 1. The Hall–Kier alpha value is -2.54. The minimum Gasteiger partial charge on any atom is -0.478 e. The molecule has 28 heavy (non-hydrogen) atoms. The molecule has 2 amide bonds. The van der Waals surface area contributed by atoms with E-state index in [4.69, 9.17) is 9.47 Å². The molecule has 2 aromatic rings. The van der Waals surface area contributed by atoms with Crippen LogP contribution < -0.4 is 15.4 Å². The van der Waals surface area contributed by atoms with Gasteiger partial charge in [0.2, 0.25) is 0 Å². The lowest BCUT2D eigenvalue weighted by Gasteiger charge is -2.27. The van der Waals surface area contributed by atoms with Crippen LogP contribution in [0.1, 0.15) is 50.6 Å². The van der Waals surface area contributed by atoms with Crippen LogP contribution in [-0.2, 0) is 16.0 Å². The fraction of sp³-hybridized carbons (Fsp3) is 0.429. The van der Waals surface area contributed by atoms with Crippen molar-refractivity contribution in [2.45, 2.75) is 58.3 Å². The van der Waals surface area contributed by atoms with E-state index in [-0.39, 0.29) is 11.9 Å². The van der Waals surface area contributed by atoms with Gasteiger partial charge in [0.15, 0.2) is 6.10 Å².